The number of Topliss-reactive ketones (excluding diaryl/α,β-unsaturated/α-hetero) is 1. The summed E-state index contributed by atoms with van der Waals surface area (Å²) in [6.45, 7) is 1.69. The molecule has 32 heavy (non-hydrogen) atoms. The van der Waals surface area contributed by atoms with E-state index in [9.17, 15) is 9.59 Å². The number of carboxylic acid groups (broad SMARTS) is 1. The molecule has 0 amide bonds. The summed E-state index contributed by atoms with van der Waals surface area (Å²) in [5.74, 6) is -0.0733. The number of benzene rings is 2. The lowest BCUT2D eigenvalue weighted by molar-refractivity contribution is -0.138. The number of allylic oxidation sites excluding steroid dienone is 1. The molecule has 0 heterocycles. The lowest BCUT2D eigenvalue weighted by Crippen LogP contribution is -2.34. The zero-order valence-electron chi connectivity index (χ0n) is 18.4. The number of carboxylic acids is 1. The molecule has 0 saturated carbocycles. The number of amidine groups is 1. The number of ketones is 1. The first-order valence-electron chi connectivity index (χ1n) is 9.66. The zero-order chi connectivity index (χ0) is 23.8. The number of nitrogens with one attached hydrogen (secondary N) is 2. The molecule has 2 aromatic rings. The van der Waals surface area contributed by atoms with Crippen molar-refractivity contribution in [1.29, 1.82) is 5.41 Å². The first-order valence-corrected chi connectivity index (χ1v) is 9.66. The van der Waals surface area contributed by atoms with E-state index in [1.807, 2.05) is 0 Å². The molecular weight excluding hydrogens is 414 g/mol. The third kappa shape index (κ3) is 6.08. The second-order valence-corrected chi connectivity index (χ2v) is 6.93. The molecule has 9 heteroatoms. The van der Waals surface area contributed by atoms with Crippen LogP contribution in [0.1, 0.15) is 29.3 Å². The van der Waals surface area contributed by atoms with Crippen molar-refractivity contribution in [3.05, 3.63) is 53.1 Å². The Morgan fingerprint density at radius 1 is 1.09 bits per heavy atom. The smallest absolute Gasteiger partial charge is 0.320 e. The molecule has 0 aliphatic rings. The third-order valence-corrected chi connectivity index (χ3v) is 4.64. The number of carbonyl (C=O) groups excluding carboxylic acids is 1. The maximum atomic E-state index is 13.0. The fourth-order valence-corrected chi connectivity index (χ4v) is 2.95. The predicted octanol–water partition coefficient (Wildman–Crippen LogP) is 3.19. The van der Waals surface area contributed by atoms with Gasteiger partial charge in [0, 0.05) is 6.42 Å². The van der Waals surface area contributed by atoms with Crippen LogP contribution in [0.5, 0.6) is 17.2 Å². The summed E-state index contributed by atoms with van der Waals surface area (Å²) in [4.78, 5) is 23.9. The first-order chi connectivity index (χ1) is 15.2. The molecular formula is C23H27N3O6. The molecule has 170 valence electrons. The van der Waals surface area contributed by atoms with Crippen LogP contribution in [0.3, 0.4) is 0 Å². The van der Waals surface area contributed by atoms with Crippen molar-refractivity contribution < 1.29 is 28.9 Å². The van der Waals surface area contributed by atoms with Gasteiger partial charge in [0.25, 0.3) is 0 Å². The van der Waals surface area contributed by atoms with E-state index in [4.69, 9.17) is 30.5 Å². The van der Waals surface area contributed by atoms with Gasteiger partial charge in [0.05, 0.1) is 38.4 Å². The standard InChI is InChI=1S/C23H27N3O6/c1-13(22(27)16-11-15(30-2)6-8-19(16)31-3)9-14-5-7-20(32-4)18(10-14)26-21(25)12-17(24)23(28)29/h5-11,17H,12,24H2,1-4H3,(H2,25,26)(H,28,29). The quantitative estimate of drug-likeness (QED) is 0.190. The first kappa shape index (κ1) is 24.4. The van der Waals surface area contributed by atoms with E-state index >= 15 is 0 Å². The molecule has 0 saturated heterocycles. The largest absolute Gasteiger partial charge is 0.497 e. The molecule has 0 spiro atoms. The highest BCUT2D eigenvalue weighted by molar-refractivity contribution is 6.12. The molecule has 1 unspecified atom stereocenters. The van der Waals surface area contributed by atoms with Crippen LogP contribution in [-0.4, -0.2) is 50.1 Å². The van der Waals surface area contributed by atoms with Crippen molar-refractivity contribution in [2.45, 2.75) is 19.4 Å². The topological polar surface area (TPSA) is 144 Å². The second-order valence-electron chi connectivity index (χ2n) is 6.93. The molecule has 0 radical (unpaired) electrons. The highest BCUT2D eigenvalue weighted by Gasteiger charge is 2.17. The van der Waals surface area contributed by atoms with E-state index in [1.165, 1.54) is 21.3 Å². The van der Waals surface area contributed by atoms with Gasteiger partial charge in [-0.2, -0.15) is 0 Å². The van der Waals surface area contributed by atoms with Gasteiger partial charge in [-0.3, -0.25) is 15.0 Å². The number of nitrogens with two attached hydrogens (primary N) is 1. The Bertz CT molecular complexity index is 1050. The van der Waals surface area contributed by atoms with E-state index in [-0.39, 0.29) is 18.0 Å². The van der Waals surface area contributed by atoms with E-state index in [2.05, 4.69) is 5.32 Å². The molecule has 9 nitrogen and oxygen atoms in total. The number of aliphatic carboxylic acids is 1. The normalized spacial score (nSPS) is 12.0. The number of ether oxygens (including phenoxy) is 3. The van der Waals surface area contributed by atoms with Crippen LogP contribution >= 0.6 is 0 Å². The van der Waals surface area contributed by atoms with Crippen LogP contribution in [0, 0.1) is 5.41 Å². The van der Waals surface area contributed by atoms with Gasteiger partial charge in [-0.05, 0) is 54.5 Å². The van der Waals surface area contributed by atoms with Gasteiger partial charge in [-0.25, -0.2) is 0 Å². The molecule has 2 rings (SSSR count). The van der Waals surface area contributed by atoms with Gasteiger partial charge in [0.1, 0.15) is 23.3 Å². The van der Waals surface area contributed by atoms with E-state index in [1.54, 1.807) is 49.4 Å². The number of rotatable bonds is 10. The maximum Gasteiger partial charge on any atom is 0.320 e. The van der Waals surface area contributed by atoms with Gasteiger partial charge in [0.2, 0.25) is 0 Å². The van der Waals surface area contributed by atoms with Gasteiger partial charge >= 0.3 is 5.97 Å². The SMILES string of the molecule is COc1ccc(OC)c(C(=O)C(C)=Cc2ccc(OC)c(NC(=N)CC(N)C(=O)O)c2)c1. The number of carbonyl (C=O) groups is 2. The summed E-state index contributed by atoms with van der Waals surface area (Å²) in [5, 5.41) is 19.7. The van der Waals surface area contributed by atoms with Gasteiger partial charge in [-0.1, -0.05) is 6.07 Å². The number of anilines is 1. The van der Waals surface area contributed by atoms with Crippen molar-refractivity contribution in [3.63, 3.8) is 0 Å². The molecule has 0 aromatic heterocycles. The summed E-state index contributed by atoms with van der Waals surface area (Å²) in [6.07, 6.45) is 1.52. The maximum absolute atomic E-state index is 13.0. The highest BCUT2D eigenvalue weighted by atomic mass is 16.5. The predicted molar refractivity (Wildman–Crippen MR) is 122 cm³/mol. The van der Waals surface area contributed by atoms with Crippen molar-refractivity contribution in [2.24, 2.45) is 5.73 Å². The number of hydrogen-bond donors (Lipinski definition) is 4. The Morgan fingerprint density at radius 3 is 2.34 bits per heavy atom. The fourth-order valence-electron chi connectivity index (χ4n) is 2.95. The Morgan fingerprint density at radius 2 is 1.75 bits per heavy atom. The van der Waals surface area contributed by atoms with E-state index in [0.717, 1.165) is 0 Å². The Kier molecular flexibility index (Phi) is 8.37. The van der Waals surface area contributed by atoms with Crippen LogP contribution in [-0.2, 0) is 4.79 Å². The summed E-state index contributed by atoms with van der Waals surface area (Å²) >= 11 is 0. The molecule has 0 fully saturated rings. The second kappa shape index (κ2) is 11.0. The Labute approximate surface area is 186 Å². The van der Waals surface area contributed by atoms with Crippen LogP contribution < -0.4 is 25.3 Å². The summed E-state index contributed by atoms with van der Waals surface area (Å²) in [5.41, 5.74) is 7.44. The summed E-state index contributed by atoms with van der Waals surface area (Å²) in [7, 11) is 4.49. The lowest BCUT2D eigenvalue weighted by Gasteiger charge is -2.14. The third-order valence-electron chi connectivity index (χ3n) is 4.64. The van der Waals surface area contributed by atoms with Crippen LogP contribution in [0.15, 0.2) is 42.0 Å². The van der Waals surface area contributed by atoms with Crippen LogP contribution in [0.4, 0.5) is 5.69 Å². The molecule has 0 aliphatic carbocycles. The molecule has 0 aliphatic heterocycles. The molecule has 2 aromatic carbocycles. The summed E-state index contributed by atoms with van der Waals surface area (Å²) < 4.78 is 15.8. The van der Waals surface area contributed by atoms with Gasteiger partial charge in [0.15, 0.2) is 5.78 Å². The zero-order valence-corrected chi connectivity index (χ0v) is 18.4. The minimum Gasteiger partial charge on any atom is -0.497 e. The van der Waals surface area contributed by atoms with Crippen molar-refractivity contribution in [3.8, 4) is 17.2 Å². The number of hydrogen-bond acceptors (Lipinski definition) is 7. The van der Waals surface area contributed by atoms with Crippen molar-refractivity contribution in [1.82, 2.24) is 0 Å². The van der Waals surface area contributed by atoms with Crippen LogP contribution in [0.25, 0.3) is 6.08 Å². The lowest BCUT2D eigenvalue weighted by atomic mass is 10.0. The van der Waals surface area contributed by atoms with Crippen molar-refractivity contribution in [2.75, 3.05) is 26.6 Å². The molecule has 0 bridgehead atoms. The number of methoxy groups -OCH3 is 3. The Hall–Kier alpha value is -3.85. The van der Waals surface area contributed by atoms with Crippen molar-refractivity contribution >= 4 is 29.4 Å². The van der Waals surface area contributed by atoms with Gasteiger partial charge < -0.3 is 30.4 Å². The minimum absolute atomic E-state index is 0.0757. The Balaban J connectivity index is 2.32. The average Bonchev–Trinajstić information content (AvgIpc) is 2.78. The average molecular weight is 441 g/mol. The monoisotopic (exact) mass is 441 g/mol. The minimum atomic E-state index is -1.19. The summed E-state index contributed by atoms with van der Waals surface area (Å²) in [6, 6.07) is 8.94. The van der Waals surface area contributed by atoms with Crippen LogP contribution in [0.2, 0.25) is 0 Å². The van der Waals surface area contributed by atoms with Gasteiger partial charge in [-0.15, -0.1) is 0 Å². The molecule has 1 atom stereocenters. The molecule has 5 N–H and O–H groups in total. The fraction of sp³-hybridized carbons (Fsp3) is 0.261. The highest BCUT2D eigenvalue weighted by Crippen LogP contribution is 2.29. The van der Waals surface area contributed by atoms with E-state index < -0.39 is 12.0 Å². The van der Waals surface area contributed by atoms with E-state index in [0.29, 0.717) is 39.6 Å².